The number of halogens is 2. The Morgan fingerprint density at radius 3 is 2.67 bits per heavy atom. The highest BCUT2D eigenvalue weighted by atomic mass is 35.5. The average molecular weight is 564 g/mol. The van der Waals surface area contributed by atoms with Crippen LogP contribution in [0.5, 0.6) is 11.6 Å². The quantitative estimate of drug-likeness (QED) is 0.316. The number of fused-ring (bicyclic) bond motifs is 1. The van der Waals surface area contributed by atoms with Gasteiger partial charge in [-0.15, -0.1) is 0 Å². The molecule has 1 saturated carbocycles. The van der Waals surface area contributed by atoms with Crippen molar-refractivity contribution in [2.75, 3.05) is 39.3 Å². The number of aromatic nitrogens is 4. The van der Waals surface area contributed by atoms with Crippen LogP contribution in [0, 0.1) is 11.3 Å². The van der Waals surface area contributed by atoms with Crippen molar-refractivity contribution >= 4 is 34.4 Å². The minimum Gasteiger partial charge on any atom is -0.492 e. The summed E-state index contributed by atoms with van der Waals surface area (Å²) in [4.78, 5) is 16.1. The number of hydrogen-bond donors (Lipinski definition) is 1. The standard InChI is InChI=1S/C28H27Cl2N7O2/c29-20-3-1-2-19(14-20)16-37-25(35-24-26(37)33-18-34-27(24)39-28(17-31)6-7-28)22-5-4-21(15-23(22)30)38-13-12-36-10-8-32-9-11-36/h1-5,14-15,18,32H,6-13,16H2. The Kier molecular flexibility index (Phi) is 7.28. The molecule has 0 amide bonds. The topological polar surface area (TPSA) is 101 Å². The van der Waals surface area contributed by atoms with Gasteiger partial charge in [-0.3, -0.25) is 4.90 Å². The van der Waals surface area contributed by atoms with E-state index in [4.69, 9.17) is 37.7 Å². The lowest BCUT2D eigenvalue weighted by Crippen LogP contribution is -2.44. The van der Waals surface area contributed by atoms with Crippen molar-refractivity contribution in [1.29, 1.82) is 5.26 Å². The molecule has 1 saturated heterocycles. The van der Waals surface area contributed by atoms with Gasteiger partial charge in [0.1, 0.15) is 30.6 Å². The summed E-state index contributed by atoms with van der Waals surface area (Å²) >= 11 is 13.1. The van der Waals surface area contributed by atoms with Crippen LogP contribution in [0.4, 0.5) is 0 Å². The number of benzene rings is 2. The van der Waals surface area contributed by atoms with E-state index in [0.29, 0.717) is 58.8 Å². The minimum atomic E-state index is -0.848. The van der Waals surface area contributed by atoms with Gasteiger partial charge in [0.2, 0.25) is 5.88 Å². The number of nitrogens with zero attached hydrogens (tertiary/aromatic N) is 6. The largest absolute Gasteiger partial charge is 0.492 e. The van der Waals surface area contributed by atoms with Crippen LogP contribution >= 0.6 is 23.2 Å². The first-order valence-corrected chi connectivity index (χ1v) is 13.7. The lowest BCUT2D eigenvalue weighted by Gasteiger charge is -2.26. The summed E-state index contributed by atoms with van der Waals surface area (Å²) in [5.74, 6) is 1.59. The molecule has 0 radical (unpaired) electrons. The summed E-state index contributed by atoms with van der Waals surface area (Å²) in [5, 5.41) is 14.1. The number of nitriles is 1. The Balaban J connectivity index is 1.33. The van der Waals surface area contributed by atoms with Crippen molar-refractivity contribution < 1.29 is 9.47 Å². The number of rotatable bonds is 9. The van der Waals surface area contributed by atoms with Gasteiger partial charge in [-0.2, -0.15) is 10.2 Å². The van der Waals surface area contributed by atoms with E-state index in [1.54, 1.807) is 0 Å². The van der Waals surface area contributed by atoms with Crippen LogP contribution in [-0.4, -0.2) is 69.4 Å². The third-order valence-corrected chi connectivity index (χ3v) is 7.54. The zero-order chi connectivity index (χ0) is 26.8. The molecule has 9 nitrogen and oxygen atoms in total. The molecular weight excluding hydrogens is 537 g/mol. The van der Waals surface area contributed by atoms with E-state index in [0.717, 1.165) is 43.9 Å². The lowest BCUT2D eigenvalue weighted by atomic mass is 10.2. The third kappa shape index (κ3) is 5.65. The summed E-state index contributed by atoms with van der Waals surface area (Å²) in [6.07, 6.45) is 2.75. The maximum Gasteiger partial charge on any atom is 0.247 e. The second-order valence-electron chi connectivity index (χ2n) is 9.79. The molecule has 2 aromatic carbocycles. The predicted octanol–water partition coefficient (Wildman–Crippen LogP) is 4.57. The molecular formula is C28H27Cl2N7O2. The first kappa shape index (κ1) is 25.8. The fourth-order valence-corrected chi connectivity index (χ4v) is 5.16. The average Bonchev–Trinajstić information content (AvgIpc) is 3.63. The van der Waals surface area contributed by atoms with Crippen molar-refractivity contribution in [3.63, 3.8) is 0 Å². The summed E-state index contributed by atoms with van der Waals surface area (Å²) in [7, 11) is 0. The molecule has 200 valence electrons. The number of ether oxygens (including phenoxy) is 2. The first-order chi connectivity index (χ1) is 19.0. The van der Waals surface area contributed by atoms with Gasteiger partial charge < -0.3 is 19.4 Å². The zero-order valence-corrected chi connectivity index (χ0v) is 22.8. The van der Waals surface area contributed by atoms with E-state index >= 15 is 0 Å². The Hall–Kier alpha value is -3.42. The van der Waals surface area contributed by atoms with Gasteiger partial charge in [-0.25, -0.2) is 9.97 Å². The fraction of sp³-hybridized carbons (Fsp3) is 0.357. The molecule has 0 unspecified atom stereocenters. The van der Waals surface area contributed by atoms with E-state index in [9.17, 15) is 5.26 Å². The SMILES string of the molecule is N#CC1(Oc2ncnc3c2nc(-c2ccc(OCCN4CCNCC4)cc2Cl)n3Cc2cccc(Cl)c2)CC1. The van der Waals surface area contributed by atoms with Crippen LogP contribution in [0.2, 0.25) is 10.0 Å². The van der Waals surface area contributed by atoms with E-state index in [1.807, 2.05) is 47.0 Å². The second-order valence-corrected chi connectivity index (χ2v) is 10.6. The molecule has 4 aromatic rings. The normalized spacial score (nSPS) is 16.6. The third-order valence-electron chi connectivity index (χ3n) is 7.00. The van der Waals surface area contributed by atoms with Crippen molar-refractivity contribution in [1.82, 2.24) is 29.7 Å². The number of hydrogen-bond acceptors (Lipinski definition) is 8. The van der Waals surface area contributed by atoms with E-state index in [2.05, 4.69) is 26.3 Å². The Bertz CT molecular complexity index is 1540. The zero-order valence-electron chi connectivity index (χ0n) is 21.2. The van der Waals surface area contributed by atoms with Crippen molar-refractivity contribution in [3.05, 3.63) is 64.4 Å². The van der Waals surface area contributed by atoms with Crippen LogP contribution in [0.1, 0.15) is 18.4 Å². The second kappa shape index (κ2) is 11.0. The van der Waals surface area contributed by atoms with E-state index < -0.39 is 5.60 Å². The highest BCUT2D eigenvalue weighted by Gasteiger charge is 2.47. The molecule has 1 aliphatic heterocycles. The Morgan fingerprint density at radius 1 is 1.08 bits per heavy atom. The number of imidazole rings is 1. The molecule has 2 fully saturated rings. The van der Waals surface area contributed by atoms with Gasteiger partial charge in [0.15, 0.2) is 16.8 Å². The number of piperazine rings is 1. The maximum atomic E-state index is 9.56. The van der Waals surface area contributed by atoms with Gasteiger partial charge in [0, 0.05) is 56.2 Å². The molecule has 6 rings (SSSR count). The maximum absolute atomic E-state index is 9.56. The Labute approximate surface area is 236 Å². The molecule has 11 heteroatoms. The van der Waals surface area contributed by atoms with E-state index in [1.165, 1.54) is 6.33 Å². The van der Waals surface area contributed by atoms with Gasteiger partial charge in [0.05, 0.1) is 11.6 Å². The first-order valence-electron chi connectivity index (χ1n) is 13.0. The molecule has 0 spiro atoms. The van der Waals surface area contributed by atoms with Crippen LogP contribution in [0.3, 0.4) is 0 Å². The van der Waals surface area contributed by atoms with Crippen molar-refractivity contribution in [2.45, 2.75) is 25.0 Å². The highest BCUT2D eigenvalue weighted by molar-refractivity contribution is 6.33. The highest BCUT2D eigenvalue weighted by Crippen LogP contribution is 2.41. The van der Waals surface area contributed by atoms with Crippen molar-refractivity contribution in [3.8, 4) is 29.1 Å². The molecule has 39 heavy (non-hydrogen) atoms. The van der Waals surface area contributed by atoms with Gasteiger partial charge in [-0.05, 0) is 35.9 Å². The molecule has 1 N–H and O–H groups in total. The lowest BCUT2D eigenvalue weighted by molar-refractivity contribution is 0.191. The molecule has 1 aliphatic carbocycles. The smallest absolute Gasteiger partial charge is 0.247 e. The minimum absolute atomic E-state index is 0.286. The van der Waals surface area contributed by atoms with Crippen LogP contribution < -0.4 is 14.8 Å². The molecule has 0 bridgehead atoms. The Morgan fingerprint density at radius 2 is 1.92 bits per heavy atom. The summed E-state index contributed by atoms with van der Waals surface area (Å²) < 4.78 is 14.0. The van der Waals surface area contributed by atoms with Crippen LogP contribution in [-0.2, 0) is 6.54 Å². The molecule has 0 atom stereocenters. The fourth-order valence-electron chi connectivity index (χ4n) is 4.69. The molecule has 2 aromatic heterocycles. The summed E-state index contributed by atoms with van der Waals surface area (Å²) in [6.45, 7) is 5.95. The van der Waals surface area contributed by atoms with Crippen LogP contribution in [0.25, 0.3) is 22.6 Å². The summed E-state index contributed by atoms with van der Waals surface area (Å²) in [6, 6.07) is 15.5. The van der Waals surface area contributed by atoms with Crippen LogP contribution in [0.15, 0.2) is 48.8 Å². The van der Waals surface area contributed by atoms with E-state index in [-0.39, 0.29) is 5.88 Å². The molecule has 3 heterocycles. The molecule has 2 aliphatic rings. The number of nitrogens with one attached hydrogen (secondary N) is 1. The van der Waals surface area contributed by atoms with Gasteiger partial charge in [0.25, 0.3) is 0 Å². The predicted molar refractivity (Wildman–Crippen MR) is 149 cm³/mol. The van der Waals surface area contributed by atoms with Gasteiger partial charge >= 0.3 is 0 Å². The van der Waals surface area contributed by atoms with Crippen molar-refractivity contribution in [2.24, 2.45) is 0 Å². The monoisotopic (exact) mass is 563 g/mol. The van der Waals surface area contributed by atoms with Gasteiger partial charge in [-0.1, -0.05) is 35.3 Å². The summed E-state index contributed by atoms with van der Waals surface area (Å²) in [5.41, 5.74) is 1.90.